The third kappa shape index (κ3) is 5.34. The smallest absolute Gasteiger partial charge is 0.264 e. The third-order valence-electron chi connectivity index (χ3n) is 4.25. The van der Waals surface area contributed by atoms with Crippen LogP contribution in [0.25, 0.3) is 0 Å². The van der Waals surface area contributed by atoms with Gasteiger partial charge in [0.05, 0.1) is 16.3 Å². The van der Waals surface area contributed by atoms with Crippen molar-refractivity contribution >= 4 is 43.3 Å². The predicted octanol–water partition coefficient (Wildman–Crippen LogP) is 4.18. The first-order chi connectivity index (χ1) is 14.4. The van der Waals surface area contributed by atoms with E-state index in [0.717, 1.165) is 14.3 Å². The molecule has 8 heteroatoms. The Morgan fingerprint density at radius 3 is 2.23 bits per heavy atom. The maximum atomic E-state index is 13.2. The summed E-state index contributed by atoms with van der Waals surface area (Å²) in [5, 5.41) is 4.11. The zero-order chi connectivity index (χ0) is 21.6. The first-order valence-corrected chi connectivity index (χ1v) is 11.3. The molecule has 0 aliphatic rings. The molecule has 0 heterocycles. The SMILES string of the molecule is C/C(=N/NC(=O)CN(c1ccccc1)S(=O)(=O)c1ccccc1)c1cccc(Br)c1. The Hall–Kier alpha value is -2.97. The number of hydrogen-bond acceptors (Lipinski definition) is 4. The van der Waals surface area contributed by atoms with Crippen LogP contribution in [0.5, 0.6) is 0 Å². The highest BCUT2D eigenvalue weighted by Crippen LogP contribution is 2.23. The number of benzene rings is 3. The Labute approximate surface area is 184 Å². The van der Waals surface area contributed by atoms with Gasteiger partial charge >= 0.3 is 0 Å². The number of hydrazone groups is 1. The highest BCUT2D eigenvalue weighted by atomic mass is 79.9. The molecule has 0 aliphatic carbocycles. The summed E-state index contributed by atoms with van der Waals surface area (Å²) in [5.41, 5.74) is 4.28. The van der Waals surface area contributed by atoms with Crippen LogP contribution in [0.15, 0.2) is 99.4 Å². The average molecular weight is 486 g/mol. The van der Waals surface area contributed by atoms with Crippen LogP contribution in [-0.2, 0) is 14.8 Å². The van der Waals surface area contributed by atoms with Crippen LogP contribution >= 0.6 is 15.9 Å². The minimum absolute atomic E-state index is 0.107. The van der Waals surface area contributed by atoms with Crippen LogP contribution in [0, 0.1) is 0 Å². The van der Waals surface area contributed by atoms with Crippen molar-refractivity contribution in [3.8, 4) is 0 Å². The number of halogens is 1. The molecule has 0 unspecified atom stereocenters. The second-order valence-corrected chi connectivity index (χ2v) is 9.18. The van der Waals surface area contributed by atoms with Crippen molar-refractivity contribution < 1.29 is 13.2 Å². The molecule has 0 aromatic heterocycles. The number of rotatable bonds is 7. The fourth-order valence-corrected chi connectivity index (χ4v) is 4.56. The summed E-state index contributed by atoms with van der Waals surface area (Å²) in [5.74, 6) is -0.548. The van der Waals surface area contributed by atoms with E-state index in [-0.39, 0.29) is 4.90 Å². The van der Waals surface area contributed by atoms with Crippen LogP contribution in [0.3, 0.4) is 0 Å². The lowest BCUT2D eigenvalue weighted by atomic mass is 10.1. The maximum absolute atomic E-state index is 13.2. The van der Waals surface area contributed by atoms with Gasteiger partial charge in [0.15, 0.2) is 0 Å². The second kappa shape index (κ2) is 9.69. The van der Waals surface area contributed by atoms with Crippen LogP contribution in [0.4, 0.5) is 5.69 Å². The van der Waals surface area contributed by atoms with Crippen LogP contribution < -0.4 is 9.73 Å². The summed E-state index contributed by atoms with van der Waals surface area (Å²) in [4.78, 5) is 12.7. The van der Waals surface area contributed by atoms with E-state index in [2.05, 4.69) is 26.5 Å². The van der Waals surface area contributed by atoms with E-state index in [4.69, 9.17) is 0 Å². The Kier molecular flexibility index (Phi) is 7.02. The lowest BCUT2D eigenvalue weighted by molar-refractivity contribution is -0.119. The summed E-state index contributed by atoms with van der Waals surface area (Å²) < 4.78 is 28.3. The highest BCUT2D eigenvalue weighted by molar-refractivity contribution is 9.10. The van der Waals surface area contributed by atoms with Crippen molar-refractivity contribution in [1.82, 2.24) is 5.43 Å². The van der Waals surface area contributed by atoms with Crippen LogP contribution in [-0.4, -0.2) is 26.6 Å². The van der Waals surface area contributed by atoms with Crippen molar-refractivity contribution in [3.63, 3.8) is 0 Å². The second-order valence-electron chi connectivity index (χ2n) is 6.40. The van der Waals surface area contributed by atoms with Gasteiger partial charge in [-0.15, -0.1) is 0 Å². The minimum atomic E-state index is -3.93. The van der Waals surface area contributed by atoms with E-state index >= 15 is 0 Å². The van der Waals surface area contributed by atoms with Crippen LogP contribution in [0.2, 0.25) is 0 Å². The molecule has 6 nitrogen and oxygen atoms in total. The summed E-state index contributed by atoms with van der Waals surface area (Å²) in [7, 11) is -3.93. The number of sulfonamides is 1. The molecule has 1 N–H and O–H groups in total. The molecule has 0 spiro atoms. The van der Waals surface area contributed by atoms with Crippen molar-refractivity contribution in [2.75, 3.05) is 10.8 Å². The molecule has 30 heavy (non-hydrogen) atoms. The summed E-state index contributed by atoms with van der Waals surface area (Å²) >= 11 is 3.40. The van der Waals surface area contributed by atoms with Crippen LogP contribution in [0.1, 0.15) is 12.5 Å². The number of nitrogens with one attached hydrogen (secondary N) is 1. The van der Waals surface area contributed by atoms with Gasteiger partial charge in [0.1, 0.15) is 6.54 Å². The normalized spacial score (nSPS) is 11.7. The van der Waals surface area contributed by atoms with E-state index < -0.39 is 22.5 Å². The lowest BCUT2D eigenvalue weighted by Gasteiger charge is -2.23. The van der Waals surface area contributed by atoms with Gasteiger partial charge in [0.25, 0.3) is 15.9 Å². The van der Waals surface area contributed by atoms with Gasteiger partial charge in [0, 0.05) is 4.47 Å². The minimum Gasteiger partial charge on any atom is -0.271 e. The van der Waals surface area contributed by atoms with E-state index in [1.807, 2.05) is 24.3 Å². The number of carbonyl (C=O) groups excluding carboxylic acids is 1. The van der Waals surface area contributed by atoms with Crippen molar-refractivity contribution in [2.45, 2.75) is 11.8 Å². The van der Waals surface area contributed by atoms with E-state index in [9.17, 15) is 13.2 Å². The van der Waals surface area contributed by atoms with Crippen molar-refractivity contribution in [1.29, 1.82) is 0 Å². The van der Waals surface area contributed by atoms with Gasteiger partial charge < -0.3 is 0 Å². The first-order valence-electron chi connectivity index (χ1n) is 9.10. The molecular formula is C22H20BrN3O3S. The molecule has 0 saturated carbocycles. The maximum Gasteiger partial charge on any atom is 0.264 e. The molecule has 3 aromatic carbocycles. The highest BCUT2D eigenvalue weighted by Gasteiger charge is 2.26. The molecular weight excluding hydrogens is 466 g/mol. The quantitative estimate of drug-likeness (QED) is 0.402. The summed E-state index contributed by atoms with van der Waals surface area (Å²) in [6, 6.07) is 24.0. The van der Waals surface area contributed by atoms with Crippen molar-refractivity contribution in [3.05, 3.63) is 95.0 Å². The molecule has 3 aromatic rings. The molecule has 0 fully saturated rings. The Balaban J connectivity index is 1.83. The summed E-state index contributed by atoms with van der Waals surface area (Å²) in [6.45, 7) is 1.36. The fourth-order valence-electron chi connectivity index (χ4n) is 2.72. The number of nitrogens with zero attached hydrogens (tertiary/aromatic N) is 2. The number of amides is 1. The summed E-state index contributed by atoms with van der Waals surface area (Å²) in [6.07, 6.45) is 0. The van der Waals surface area contributed by atoms with Gasteiger partial charge in [-0.3, -0.25) is 9.10 Å². The van der Waals surface area contributed by atoms with Crippen molar-refractivity contribution in [2.24, 2.45) is 5.10 Å². The molecule has 0 bridgehead atoms. The molecule has 0 atom stereocenters. The number of para-hydroxylation sites is 1. The van der Waals surface area contributed by atoms with E-state index in [1.165, 1.54) is 12.1 Å². The Morgan fingerprint density at radius 1 is 0.967 bits per heavy atom. The monoisotopic (exact) mass is 485 g/mol. The number of carbonyl (C=O) groups is 1. The van der Waals surface area contributed by atoms with Gasteiger partial charge in [-0.05, 0) is 48.9 Å². The first kappa shape index (κ1) is 21.7. The molecule has 0 radical (unpaired) electrons. The molecule has 1 amide bonds. The average Bonchev–Trinajstić information content (AvgIpc) is 2.77. The van der Waals surface area contributed by atoms with Gasteiger partial charge in [-0.1, -0.05) is 64.5 Å². The van der Waals surface area contributed by atoms with Gasteiger partial charge in [-0.2, -0.15) is 5.10 Å². The predicted molar refractivity (Wildman–Crippen MR) is 122 cm³/mol. The largest absolute Gasteiger partial charge is 0.271 e. The topological polar surface area (TPSA) is 78.8 Å². The number of hydrogen-bond donors (Lipinski definition) is 1. The Bertz CT molecular complexity index is 1150. The Morgan fingerprint density at radius 2 is 1.60 bits per heavy atom. The van der Waals surface area contributed by atoms with E-state index in [0.29, 0.717) is 11.4 Å². The zero-order valence-corrected chi connectivity index (χ0v) is 18.6. The standard InChI is InChI=1S/C22H20BrN3O3S/c1-17(18-9-8-10-19(23)15-18)24-25-22(27)16-26(20-11-4-2-5-12-20)30(28,29)21-13-6-3-7-14-21/h2-15H,16H2,1H3,(H,25,27)/b24-17-. The fraction of sp³-hybridized carbons (Fsp3) is 0.0909. The van der Waals surface area contributed by atoms with E-state index in [1.54, 1.807) is 55.5 Å². The molecule has 154 valence electrons. The lowest BCUT2D eigenvalue weighted by Crippen LogP contribution is -2.39. The van der Waals surface area contributed by atoms with Gasteiger partial charge in [0.2, 0.25) is 0 Å². The molecule has 3 rings (SSSR count). The molecule has 0 saturated heterocycles. The zero-order valence-electron chi connectivity index (χ0n) is 16.2. The molecule has 0 aliphatic heterocycles. The number of anilines is 1. The third-order valence-corrected chi connectivity index (χ3v) is 6.53. The van der Waals surface area contributed by atoms with Gasteiger partial charge in [-0.25, -0.2) is 13.8 Å².